The number of hydrogen-bond acceptors (Lipinski definition) is 5. The lowest BCUT2D eigenvalue weighted by Gasteiger charge is -2.21. The number of amides is 1. The van der Waals surface area contributed by atoms with Gasteiger partial charge in [-0.3, -0.25) is 9.78 Å². The molecule has 0 bridgehead atoms. The fourth-order valence-electron chi connectivity index (χ4n) is 3.06. The minimum absolute atomic E-state index is 0.0912. The third kappa shape index (κ3) is 3.42. The molecule has 0 atom stereocenters. The zero-order valence-corrected chi connectivity index (χ0v) is 15.5. The zero-order valence-electron chi connectivity index (χ0n) is 15.5. The summed E-state index contributed by atoms with van der Waals surface area (Å²) >= 11 is 0. The molecule has 28 heavy (non-hydrogen) atoms. The molecule has 4 aromatic rings. The lowest BCUT2D eigenvalue weighted by atomic mass is 10.1. The molecular formula is C21H20N6O. The molecule has 140 valence electrons. The standard InChI is InChI=1S/C21H20N6O/c1-2-26(14-15-7-4-3-5-8-15)21(28)17-11-18(22)27-19(12-17)24-20(25-27)16-9-6-10-23-13-16/h3-13H,2,14,22H2,1H3. The first kappa shape index (κ1) is 17.7. The minimum atomic E-state index is -0.0912. The Labute approximate surface area is 162 Å². The highest BCUT2D eigenvalue weighted by molar-refractivity contribution is 5.96. The second-order valence-electron chi connectivity index (χ2n) is 6.42. The molecule has 0 radical (unpaired) electrons. The Bertz CT molecular complexity index is 1110. The Hall–Kier alpha value is -3.74. The lowest BCUT2D eigenvalue weighted by Crippen LogP contribution is -2.30. The lowest BCUT2D eigenvalue weighted by molar-refractivity contribution is 0.0752. The van der Waals surface area contributed by atoms with Gasteiger partial charge >= 0.3 is 0 Å². The van der Waals surface area contributed by atoms with E-state index in [1.807, 2.05) is 49.4 Å². The number of benzene rings is 1. The molecule has 0 aliphatic rings. The van der Waals surface area contributed by atoms with E-state index in [0.717, 1.165) is 11.1 Å². The van der Waals surface area contributed by atoms with Crippen molar-refractivity contribution in [3.05, 3.63) is 78.1 Å². The zero-order chi connectivity index (χ0) is 19.5. The number of nitrogens with two attached hydrogens (primary N) is 1. The third-order valence-corrected chi connectivity index (χ3v) is 4.52. The topological polar surface area (TPSA) is 89.4 Å². The number of pyridine rings is 2. The Kier molecular flexibility index (Phi) is 4.72. The van der Waals surface area contributed by atoms with Crippen LogP contribution in [0.25, 0.3) is 17.0 Å². The molecule has 1 amide bonds. The maximum absolute atomic E-state index is 13.1. The monoisotopic (exact) mass is 372 g/mol. The number of rotatable bonds is 5. The first-order valence-electron chi connectivity index (χ1n) is 9.05. The summed E-state index contributed by atoms with van der Waals surface area (Å²) in [6, 6.07) is 17.0. The van der Waals surface area contributed by atoms with Gasteiger partial charge in [-0.15, -0.1) is 5.10 Å². The maximum Gasteiger partial charge on any atom is 0.254 e. The van der Waals surface area contributed by atoms with Crippen molar-refractivity contribution in [2.75, 3.05) is 12.3 Å². The van der Waals surface area contributed by atoms with Crippen molar-refractivity contribution in [1.29, 1.82) is 0 Å². The van der Waals surface area contributed by atoms with E-state index in [4.69, 9.17) is 5.73 Å². The molecule has 7 heteroatoms. The summed E-state index contributed by atoms with van der Waals surface area (Å²) in [5, 5.41) is 4.43. The van der Waals surface area contributed by atoms with E-state index in [2.05, 4.69) is 15.1 Å². The molecule has 0 saturated heterocycles. The predicted octanol–water partition coefficient (Wildman–Crippen LogP) is 3.04. The molecule has 0 unspecified atom stereocenters. The van der Waals surface area contributed by atoms with Crippen LogP contribution in [0.3, 0.4) is 0 Å². The van der Waals surface area contributed by atoms with Crippen molar-refractivity contribution in [2.24, 2.45) is 0 Å². The van der Waals surface area contributed by atoms with Crippen LogP contribution in [0.5, 0.6) is 0 Å². The molecule has 3 heterocycles. The van der Waals surface area contributed by atoms with Gasteiger partial charge < -0.3 is 10.6 Å². The number of carbonyl (C=O) groups is 1. The van der Waals surface area contributed by atoms with Crippen LogP contribution in [0, 0.1) is 0 Å². The number of fused-ring (bicyclic) bond motifs is 1. The number of hydrogen-bond donors (Lipinski definition) is 1. The summed E-state index contributed by atoms with van der Waals surface area (Å²) in [6.07, 6.45) is 3.38. The van der Waals surface area contributed by atoms with Crippen LogP contribution in [0.2, 0.25) is 0 Å². The normalized spacial score (nSPS) is 10.9. The Balaban J connectivity index is 1.67. The van der Waals surface area contributed by atoms with Crippen molar-refractivity contribution in [3.8, 4) is 11.4 Å². The van der Waals surface area contributed by atoms with E-state index in [-0.39, 0.29) is 5.91 Å². The van der Waals surface area contributed by atoms with Gasteiger partial charge in [0.2, 0.25) is 0 Å². The molecular weight excluding hydrogens is 352 g/mol. The summed E-state index contributed by atoms with van der Waals surface area (Å²) in [5.41, 5.74) is 9.04. The predicted molar refractivity (Wildman–Crippen MR) is 107 cm³/mol. The van der Waals surface area contributed by atoms with Gasteiger partial charge in [0.05, 0.1) is 0 Å². The molecule has 2 N–H and O–H groups in total. The summed E-state index contributed by atoms with van der Waals surface area (Å²) in [6.45, 7) is 3.08. The Morgan fingerprint density at radius 1 is 1.14 bits per heavy atom. The summed E-state index contributed by atoms with van der Waals surface area (Å²) in [5.74, 6) is 0.784. The quantitative estimate of drug-likeness (QED) is 0.582. The second kappa shape index (κ2) is 7.48. The highest BCUT2D eigenvalue weighted by Crippen LogP contribution is 2.20. The van der Waals surface area contributed by atoms with E-state index in [1.165, 1.54) is 4.52 Å². The molecule has 7 nitrogen and oxygen atoms in total. The fraction of sp³-hybridized carbons (Fsp3) is 0.143. The average Bonchev–Trinajstić information content (AvgIpc) is 3.18. The third-order valence-electron chi connectivity index (χ3n) is 4.52. The van der Waals surface area contributed by atoms with Crippen molar-refractivity contribution in [1.82, 2.24) is 24.5 Å². The SMILES string of the molecule is CCN(Cc1ccccc1)C(=O)c1cc(N)n2nc(-c3cccnc3)nc2c1. The van der Waals surface area contributed by atoms with Crippen LogP contribution in [0.4, 0.5) is 5.82 Å². The Morgan fingerprint density at radius 3 is 2.68 bits per heavy atom. The summed E-state index contributed by atoms with van der Waals surface area (Å²) < 4.78 is 1.53. The van der Waals surface area contributed by atoms with Gasteiger partial charge in [0.15, 0.2) is 11.5 Å². The van der Waals surface area contributed by atoms with E-state index in [1.54, 1.807) is 29.4 Å². The van der Waals surface area contributed by atoms with E-state index in [9.17, 15) is 4.79 Å². The number of carbonyl (C=O) groups excluding carboxylic acids is 1. The second-order valence-corrected chi connectivity index (χ2v) is 6.42. The van der Waals surface area contributed by atoms with Gasteiger partial charge in [-0.1, -0.05) is 30.3 Å². The first-order valence-corrected chi connectivity index (χ1v) is 9.05. The van der Waals surface area contributed by atoms with Gasteiger partial charge in [-0.25, -0.2) is 4.98 Å². The van der Waals surface area contributed by atoms with Gasteiger partial charge in [0.1, 0.15) is 5.82 Å². The van der Waals surface area contributed by atoms with Gasteiger partial charge in [0.25, 0.3) is 5.91 Å². The van der Waals surface area contributed by atoms with Crippen LogP contribution in [0.15, 0.2) is 67.0 Å². The molecule has 3 aromatic heterocycles. The molecule has 0 spiro atoms. The van der Waals surface area contributed by atoms with E-state index in [0.29, 0.717) is 35.9 Å². The van der Waals surface area contributed by atoms with Crippen molar-refractivity contribution in [2.45, 2.75) is 13.5 Å². The highest BCUT2D eigenvalue weighted by atomic mass is 16.2. The Morgan fingerprint density at radius 2 is 1.96 bits per heavy atom. The van der Waals surface area contributed by atoms with E-state index >= 15 is 0 Å². The van der Waals surface area contributed by atoms with Crippen LogP contribution < -0.4 is 5.73 Å². The maximum atomic E-state index is 13.1. The number of anilines is 1. The minimum Gasteiger partial charge on any atom is -0.384 e. The smallest absolute Gasteiger partial charge is 0.254 e. The fourth-order valence-corrected chi connectivity index (χ4v) is 3.06. The molecule has 0 aliphatic carbocycles. The van der Waals surface area contributed by atoms with Crippen molar-refractivity contribution >= 4 is 17.4 Å². The summed E-state index contributed by atoms with van der Waals surface area (Å²) in [4.78, 5) is 23.4. The number of aromatic nitrogens is 4. The van der Waals surface area contributed by atoms with Gasteiger partial charge in [0, 0.05) is 36.6 Å². The van der Waals surface area contributed by atoms with E-state index < -0.39 is 0 Å². The van der Waals surface area contributed by atoms with Crippen LogP contribution >= 0.6 is 0 Å². The molecule has 0 aliphatic heterocycles. The molecule has 1 aromatic carbocycles. The van der Waals surface area contributed by atoms with Crippen LogP contribution in [-0.4, -0.2) is 36.9 Å². The molecule has 0 fully saturated rings. The van der Waals surface area contributed by atoms with Crippen LogP contribution in [0.1, 0.15) is 22.8 Å². The molecule has 0 saturated carbocycles. The van der Waals surface area contributed by atoms with Gasteiger partial charge in [-0.05, 0) is 36.8 Å². The highest BCUT2D eigenvalue weighted by Gasteiger charge is 2.18. The van der Waals surface area contributed by atoms with Crippen molar-refractivity contribution in [3.63, 3.8) is 0 Å². The largest absolute Gasteiger partial charge is 0.384 e. The van der Waals surface area contributed by atoms with Crippen molar-refractivity contribution < 1.29 is 4.79 Å². The number of nitrogen functional groups attached to an aromatic ring is 1. The van der Waals surface area contributed by atoms with Gasteiger partial charge in [-0.2, -0.15) is 4.52 Å². The van der Waals surface area contributed by atoms with Crippen LogP contribution in [-0.2, 0) is 6.54 Å². The first-order chi connectivity index (χ1) is 13.7. The average molecular weight is 372 g/mol. The molecule has 4 rings (SSSR count). The number of nitrogens with zero attached hydrogens (tertiary/aromatic N) is 5. The summed E-state index contributed by atoms with van der Waals surface area (Å²) in [7, 11) is 0.